The number of hydrogen-bond donors (Lipinski definition) is 0. The van der Waals surface area contributed by atoms with Gasteiger partial charge < -0.3 is 4.74 Å². The summed E-state index contributed by atoms with van der Waals surface area (Å²) in [5.74, 6) is 1.52. The maximum atomic E-state index is 5.27. The maximum Gasteiger partial charge on any atom is 0.177 e. The summed E-state index contributed by atoms with van der Waals surface area (Å²) >= 11 is 0. The Bertz CT molecular complexity index is 301. The van der Waals surface area contributed by atoms with E-state index in [9.17, 15) is 0 Å². The largest absolute Gasteiger partial charge is 0.379 e. The van der Waals surface area contributed by atoms with Gasteiger partial charge in [-0.1, -0.05) is 0 Å². The molecule has 0 spiro atoms. The second-order valence-corrected chi connectivity index (χ2v) is 3.76. The number of rotatable bonds is 2. The molecule has 1 saturated heterocycles. The molecule has 5 heteroatoms. The van der Waals surface area contributed by atoms with E-state index in [1.165, 1.54) is 12.8 Å². The van der Waals surface area contributed by atoms with Crippen molar-refractivity contribution in [2.75, 3.05) is 13.2 Å². The van der Waals surface area contributed by atoms with E-state index in [4.69, 9.17) is 4.74 Å². The number of aromatic nitrogens is 4. The molecular formula is C8H12N4O. The topological polar surface area (TPSA) is 52.8 Å². The van der Waals surface area contributed by atoms with Gasteiger partial charge >= 0.3 is 0 Å². The zero-order valence-corrected chi connectivity index (χ0v) is 7.39. The molecule has 5 nitrogen and oxygen atoms in total. The van der Waals surface area contributed by atoms with E-state index in [-0.39, 0.29) is 0 Å². The van der Waals surface area contributed by atoms with Crippen LogP contribution in [0.15, 0.2) is 0 Å². The van der Waals surface area contributed by atoms with Crippen molar-refractivity contribution in [1.29, 1.82) is 0 Å². The predicted octanol–water partition coefficient (Wildman–Crippen LogP) is 0.512. The number of ether oxygens (including phenoxy) is 1. The van der Waals surface area contributed by atoms with Gasteiger partial charge in [-0.15, -0.1) is 10.2 Å². The first-order chi connectivity index (χ1) is 6.43. The first kappa shape index (κ1) is 7.44. The molecule has 1 aromatic heterocycles. The number of nitrogens with zero attached hydrogens (tertiary/aromatic N) is 4. The van der Waals surface area contributed by atoms with Gasteiger partial charge in [-0.05, 0) is 24.5 Å². The highest BCUT2D eigenvalue weighted by atomic mass is 16.5. The molecule has 0 aromatic carbocycles. The zero-order valence-electron chi connectivity index (χ0n) is 7.39. The van der Waals surface area contributed by atoms with Gasteiger partial charge in [0.05, 0.1) is 12.6 Å². The van der Waals surface area contributed by atoms with E-state index in [0.29, 0.717) is 12.0 Å². The van der Waals surface area contributed by atoms with Crippen LogP contribution in [-0.4, -0.2) is 33.4 Å². The van der Waals surface area contributed by atoms with Gasteiger partial charge in [0.25, 0.3) is 0 Å². The van der Waals surface area contributed by atoms with Crippen molar-refractivity contribution >= 4 is 0 Å². The van der Waals surface area contributed by atoms with Gasteiger partial charge in [0.2, 0.25) is 0 Å². The van der Waals surface area contributed by atoms with Crippen molar-refractivity contribution in [2.24, 2.45) is 0 Å². The molecule has 1 aromatic rings. The molecule has 0 bridgehead atoms. The third-order valence-electron chi connectivity index (χ3n) is 2.62. The van der Waals surface area contributed by atoms with Crippen LogP contribution in [0.5, 0.6) is 0 Å². The summed E-state index contributed by atoms with van der Waals surface area (Å²) in [4.78, 5) is 1.72. The van der Waals surface area contributed by atoms with Crippen LogP contribution in [0.25, 0.3) is 0 Å². The molecule has 2 aliphatic rings. The van der Waals surface area contributed by atoms with E-state index in [0.717, 1.165) is 25.5 Å². The third-order valence-corrected chi connectivity index (χ3v) is 2.62. The monoisotopic (exact) mass is 180 g/mol. The van der Waals surface area contributed by atoms with E-state index in [1.54, 1.807) is 4.80 Å². The maximum absolute atomic E-state index is 5.27. The molecule has 3 rings (SSSR count). The summed E-state index contributed by atoms with van der Waals surface area (Å²) in [5.41, 5.74) is 0. The Hall–Kier alpha value is -0.970. The molecule has 0 N–H and O–H groups in total. The third kappa shape index (κ3) is 1.33. The Labute approximate surface area is 76.1 Å². The smallest absolute Gasteiger partial charge is 0.177 e. The highest BCUT2D eigenvalue weighted by molar-refractivity contribution is 5.00. The predicted molar refractivity (Wildman–Crippen MR) is 44.3 cm³/mol. The van der Waals surface area contributed by atoms with Crippen LogP contribution in [-0.2, 0) is 4.74 Å². The number of hydrogen-bond acceptors (Lipinski definition) is 4. The molecule has 0 amide bonds. The Morgan fingerprint density at radius 1 is 1.31 bits per heavy atom. The summed E-state index contributed by atoms with van der Waals surface area (Å²) in [6, 6.07) is 0.319. The summed E-state index contributed by atoms with van der Waals surface area (Å²) in [7, 11) is 0. The van der Waals surface area contributed by atoms with Crippen LogP contribution in [0, 0.1) is 0 Å². The molecule has 2 heterocycles. The molecule has 1 aliphatic carbocycles. The average Bonchev–Trinajstić information content (AvgIpc) is 2.72. The minimum atomic E-state index is 0.319. The van der Waals surface area contributed by atoms with Crippen molar-refractivity contribution in [3.63, 3.8) is 0 Å². The highest BCUT2D eigenvalue weighted by Crippen LogP contribution is 2.37. The fourth-order valence-electron chi connectivity index (χ4n) is 1.60. The summed E-state index contributed by atoms with van der Waals surface area (Å²) in [6.07, 6.45) is 3.47. The normalized spacial score (nSPS) is 28.2. The SMILES string of the molecule is C1CC(n2nnc(C3CC3)n2)CO1. The molecule has 1 unspecified atom stereocenters. The lowest BCUT2D eigenvalue weighted by Crippen LogP contribution is -2.12. The van der Waals surface area contributed by atoms with Gasteiger partial charge in [-0.3, -0.25) is 0 Å². The molecule has 70 valence electrons. The standard InChI is InChI=1S/C8H12N4O/c1-2-6(1)8-9-11-12(10-8)7-3-4-13-5-7/h6-7H,1-5H2. The molecular weight excluding hydrogens is 168 g/mol. The van der Waals surface area contributed by atoms with Crippen LogP contribution in [0.3, 0.4) is 0 Å². The molecule has 1 saturated carbocycles. The summed E-state index contributed by atoms with van der Waals surface area (Å²) in [6.45, 7) is 1.56. The van der Waals surface area contributed by atoms with E-state index >= 15 is 0 Å². The van der Waals surface area contributed by atoms with Gasteiger partial charge in [0.1, 0.15) is 0 Å². The molecule has 13 heavy (non-hydrogen) atoms. The Kier molecular flexibility index (Phi) is 1.58. The lowest BCUT2D eigenvalue weighted by atomic mass is 10.3. The van der Waals surface area contributed by atoms with Crippen molar-refractivity contribution in [3.05, 3.63) is 5.82 Å². The Balaban J connectivity index is 1.79. The first-order valence-corrected chi connectivity index (χ1v) is 4.80. The highest BCUT2D eigenvalue weighted by Gasteiger charge is 2.29. The summed E-state index contributed by atoms with van der Waals surface area (Å²) < 4.78 is 5.27. The van der Waals surface area contributed by atoms with Crippen molar-refractivity contribution in [1.82, 2.24) is 20.2 Å². The van der Waals surface area contributed by atoms with Crippen LogP contribution in [0.1, 0.15) is 37.0 Å². The quantitative estimate of drug-likeness (QED) is 0.665. The van der Waals surface area contributed by atoms with Gasteiger partial charge in [0.15, 0.2) is 5.82 Å². The minimum Gasteiger partial charge on any atom is -0.379 e. The second-order valence-electron chi connectivity index (χ2n) is 3.76. The van der Waals surface area contributed by atoms with Crippen molar-refractivity contribution in [3.8, 4) is 0 Å². The van der Waals surface area contributed by atoms with Gasteiger partial charge in [0, 0.05) is 12.5 Å². The summed E-state index contributed by atoms with van der Waals surface area (Å²) in [5, 5.41) is 12.5. The average molecular weight is 180 g/mol. The van der Waals surface area contributed by atoms with Crippen LogP contribution in [0.2, 0.25) is 0 Å². The van der Waals surface area contributed by atoms with Crippen molar-refractivity contribution in [2.45, 2.75) is 31.2 Å². The molecule has 1 atom stereocenters. The lowest BCUT2D eigenvalue weighted by Gasteiger charge is -2.02. The lowest BCUT2D eigenvalue weighted by molar-refractivity contribution is 0.181. The van der Waals surface area contributed by atoms with Crippen LogP contribution >= 0.6 is 0 Å². The van der Waals surface area contributed by atoms with Crippen LogP contribution < -0.4 is 0 Å². The molecule has 0 radical (unpaired) electrons. The molecule has 1 aliphatic heterocycles. The van der Waals surface area contributed by atoms with E-state index in [2.05, 4.69) is 15.4 Å². The van der Waals surface area contributed by atoms with Gasteiger partial charge in [-0.25, -0.2) is 0 Å². The minimum absolute atomic E-state index is 0.319. The van der Waals surface area contributed by atoms with Gasteiger partial charge in [-0.2, -0.15) is 4.80 Å². The zero-order chi connectivity index (χ0) is 8.67. The van der Waals surface area contributed by atoms with E-state index < -0.39 is 0 Å². The first-order valence-electron chi connectivity index (χ1n) is 4.80. The number of tetrazole rings is 1. The fourth-order valence-corrected chi connectivity index (χ4v) is 1.60. The Morgan fingerprint density at radius 2 is 2.23 bits per heavy atom. The van der Waals surface area contributed by atoms with E-state index in [1.807, 2.05) is 0 Å². The van der Waals surface area contributed by atoms with Crippen molar-refractivity contribution < 1.29 is 4.74 Å². The Morgan fingerprint density at radius 3 is 2.92 bits per heavy atom. The fraction of sp³-hybridized carbons (Fsp3) is 0.875. The molecule has 2 fully saturated rings. The second kappa shape index (κ2) is 2.77. The van der Waals surface area contributed by atoms with Crippen LogP contribution in [0.4, 0.5) is 0 Å².